The Hall–Kier alpha value is -0.800. The van der Waals surface area contributed by atoms with Gasteiger partial charge in [0.1, 0.15) is 30.8 Å². The van der Waals surface area contributed by atoms with Crippen molar-refractivity contribution in [2.75, 3.05) is 0 Å². The molecule has 0 rings (SSSR count). The lowest BCUT2D eigenvalue weighted by molar-refractivity contribution is -0.121. The van der Waals surface area contributed by atoms with Crippen molar-refractivity contribution in [3.8, 4) is 0 Å². The number of alkyl halides is 2. The summed E-state index contributed by atoms with van der Waals surface area (Å²) in [6.07, 6.45) is -1.98. The topological polar surface area (TPSA) is 34.1 Å². The highest BCUT2D eigenvalue weighted by atomic mass is 19.1. The number of aldehydes is 2. The molecule has 0 saturated heterocycles. The Labute approximate surface area is 76.3 Å². The Bertz CT molecular complexity index is 154. The van der Waals surface area contributed by atoms with Gasteiger partial charge in [0.25, 0.3) is 0 Å². The van der Waals surface area contributed by atoms with E-state index < -0.39 is 18.3 Å². The van der Waals surface area contributed by atoms with Crippen molar-refractivity contribution < 1.29 is 18.4 Å². The Morgan fingerprint density at radius 1 is 1.23 bits per heavy atom. The first kappa shape index (κ1) is 12.2. The summed E-state index contributed by atoms with van der Waals surface area (Å²) in [6, 6.07) is 0. The Balaban J connectivity index is 3.88. The minimum atomic E-state index is -1.68. The van der Waals surface area contributed by atoms with Gasteiger partial charge in [-0.3, -0.25) is 0 Å². The van der Waals surface area contributed by atoms with Crippen LogP contribution in [0.5, 0.6) is 0 Å². The number of hydrogen-bond acceptors (Lipinski definition) is 2. The maximum atomic E-state index is 12.9. The first-order valence-corrected chi connectivity index (χ1v) is 4.34. The molecule has 0 fully saturated rings. The highest BCUT2D eigenvalue weighted by molar-refractivity contribution is 5.78. The van der Waals surface area contributed by atoms with Gasteiger partial charge >= 0.3 is 0 Å². The van der Waals surface area contributed by atoms with E-state index in [4.69, 9.17) is 0 Å². The van der Waals surface area contributed by atoms with E-state index in [-0.39, 0.29) is 25.4 Å². The molecule has 2 atom stereocenters. The van der Waals surface area contributed by atoms with Gasteiger partial charge in [-0.05, 0) is 6.42 Å². The summed E-state index contributed by atoms with van der Waals surface area (Å²) in [5.74, 6) is -1.31. The van der Waals surface area contributed by atoms with Gasteiger partial charge < -0.3 is 9.59 Å². The second-order valence-corrected chi connectivity index (χ2v) is 2.99. The average Bonchev–Trinajstić information content (AvgIpc) is 2.06. The minimum Gasteiger partial charge on any atom is -0.302 e. The van der Waals surface area contributed by atoms with Crippen molar-refractivity contribution in [2.45, 2.75) is 38.5 Å². The van der Waals surface area contributed by atoms with Crippen LogP contribution in [0.4, 0.5) is 8.78 Å². The third kappa shape index (κ3) is 4.70. The van der Waals surface area contributed by atoms with E-state index in [0.717, 1.165) is 0 Å². The summed E-state index contributed by atoms with van der Waals surface area (Å²) in [6.45, 7) is 1.79. The van der Waals surface area contributed by atoms with E-state index in [1.165, 1.54) is 0 Å². The largest absolute Gasteiger partial charge is 0.302 e. The zero-order chi connectivity index (χ0) is 10.3. The molecule has 0 heterocycles. The van der Waals surface area contributed by atoms with Gasteiger partial charge in [0, 0.05) is 6.42 Å². The SMILES string of the molecule is CCCC(F)CC(F)C(C=O)C=O. The Morgan fingerprint density at radius 3 is 2.15 bits per heavy atom. The van der Waals surface area contributed by atoms with Crippen molar-refractivity contribution >= 4 is 12.6 Å². The van der Waals surface area contributed by atoms with Crippen LogP contribution in [0, 0.1) is 5.92 Å². The molecule has 0 amide bonds. The van der Waals surface area contributed by atoms with Gasteiger partial charge in [-0.15, -0.1) is 0 Å². The normalized spacial score (nSPS) is 15.4. The zero-order valence-corrected chi connectivity index (χ0v) is 7.58. The molecule has 0 N–H and O–H groups in total. The smallest absolute Gasteiger partial charge is 0.133 e. The second-order valence-electron chi connectivity index (χ2n) is 2.99. The number of hydrogen-bond donors (Lipinski definition) is 0. The second kappa shape index (κ2) is 6.69. The number of carbonyl (C=O) groups is 2. The van der Waals surface area contributed by atoms with Crippen LogP contribution in [0.25, 0.3) is 0 Å². The molecular formula is C9H14F2O2. The van der Waals surface area contributed by atoms with Gasteiger partial charge in [0.2, 0.25) is 0 Å². The van der Waals surface area contributed by atoms with Crippen LogP contribution in [-0.4, -0.2) is 24.9 Å². The van der Waals surface area contributed by atoms with Crippen LogP contribution in [-0.2, 0) is 9.59 Å². The fraction of sp³-hybridized carbons (Fsp3) is 0.778. The van der Waals surface area contributed by atoms with Crippen LogP contribution in [0.2, 0.25) is 0 Å². The van der Waals surface area contributed by atoms with Crippen LogP contribution in [0.15, 0.2) is 0 Å². The maximum Gasteiger partial charge on any atom is 0.133 e. The molecule has 0 aromatic heterocycles. The molecule has 0 aromatic carbocycles. The molecule has 0 radical (unpaired) electrons. The highest BCUT2D eigenvalue weighted by Gasteiger charge is 2.23. The van der Waals surface area contributed by atoms with E-state index in [0.29, 0.717) is 6.42 Å². The van der Waals surface area contributed by atoms with Gasteiger partial charge in [0.05, 0.1) is 0 Å². The molecular weight excluding hydrogens is 178 g/mol. The van der Waals surface area contributed by atoms with Gasteiger partial charge in [0.15, 0.2) is 0 Å². The zero-order valence-electron chi connectivity index (χ0n) is 7.58. The highest BCUT2D eigenvalue weighted by Crippen LogP contribution is 2.15. The summed E-state index contributed by atoms with van der Waals surface area (Å²) in [5.41, 5.74) is 0. The molecule has 0 saturated carbocycles. The van der Waals surface area contributed by atoms with E-state index >= 15 is 0 Å². The fourth-order valence-corrected chi connectivity index (χ4v) is 1.04. The van der Waals surface area contributed by atoms with Gasteiger partial charge in [-0.2, -0.15) is 0 Å². The van der Waals surface area contributed by atoms with E-state index in [1.54, 1.807) is 6.92 Å². The monoisotopic (exact) mass is 192 g/mol. The van der Waals surface area contributed by atoms with Crippen molar-refractivity contribution in [1.82, 2.24) is 0 Å². The van der Waals surface area contributed by atoms with Crippen molar-refractivity contribution in [3.05, 3.63) is 0 Å². The molecule has 2 nitrogen and oxygen atoms in total. The van der Waals surface area contributed by atoms with E-state index in [9.17, 15) is 18.4 Å². The van der Waals surface area contributed by atoms with Gasteiger partial charge in [-0.1, -0.05) is 13.3 Å². The molecule has 0 spiro atoms. The molecule has 4 heteroatoms. The summed E-state index contributed by atoms with van der Waals surface area (Å²) in [7, 11) is 0. The predicted molar refractivity (Wildman–Crippen MR) is 44.9 cm³/mol. The Morgan fingerprint density at radius 2 is 1.77 bits per heavy atom. The summed E-state index contributed by atoms with van der Waals surface area (Å²) in [5, 5.41) is 0. The summed E-state index contributed by atoms with van der Waals surface area (Å²) in [4.78, 5) is 20.2. The first-order chi connectivity index (χ1) is 6.15. The quantitative estimate of drug-likeness (QED) is 0.456. The standard InChI is InChI=1S/C9H14F2O2/c1-2-3-8(10)4-9(11)7(5-12)6-13/h5-9H,2-4H2,1H3. The van der Waals surface area contributed by atoms with Crippen molar-refractivity contribution in [2.24, 2.45) is 5.92 Å². The lowest BCUT2D eigenvalue weighted by Gasteiger charge is -2.12. The number of carbonyl (C=O) groups excluding carboxylic acids is 2. The maximum absolute atomic E-state index is 12.9. The molecule has 0 aliphatic carbocycles. The summed E-state index contributed by atoms with van der Waals surface area (Å²) >= 11 is 0. The Kier molecular flexibility index (Phi) is 6.28. The molecule has 0 aliphatic rings. The van der Waals surface area contributed by atoms with Crippen molar-refractivity contribution in [1.29, 1.82) is 0 Å². The lowest BCUT2D eigenvalue weighted by atomic mass is 10.0. The van der Waals surface area contributed by atoms with E-state index in [2.05, 4.69) is 0 Å². The average molecular weight is 192 g/mol. The van der Waals surface area contributed by atoms with Crippen LogP contribution >= 0.6 is 0 Å². The molecule has 2 unspecified atom stereocenters. The van der Waals surface area contributed by atoms with Crippen LogP contribution < -0.4 is 0 Å². The third-order valence-electron chi connectivity index (χ3n) is 1.81. The third-order valence-corrected chi connectivity index (χ3v) is 1.81. The fourth-order valence-electron chi connectivity index (χ4n) is 1.04. The van der Waals surface area contributed by atoms with Crippen LogP contribution in [0.3, 0.4) is 0 Å². The van der Waals surface area contributed by atoms with E-state index in [1.807, 2.05) is 0 Å². The number of halogens is 2. The summed E-state index contributed by atoms with van der Waals surface area (Å²) < 4.78 is 25.8. The molecule has 13 heavy (non-hydrogen) atoms. The van der Waals surface area contributed by atoms with Crippen molar-refractivity contribution in [3.63, 3.8) is 0 Å². The number of rotatable bonds is 7. The van der Waals surface area contributed by atoms with Crippen LogP contribution in [0.1, 0.15) is 26.2 Å². The first-order valence-electron chi connectivity index (χ1n) is 4.34. The molecule has 0 aromatic rings. The van der Waals surface area contributed by atoms with Gasteiger partial charge in [-0.25, -0.2) is 8.78 Å². The minimum absolute atomic E-state index is 0.219. The predicted octanol–water partition coefficient (Wildman–Crippen LogP) is 1.87. The lowest BCUT2D eigenvalue weighted by Crippen LogP contribution is -2.22. The molecule has 0 bridgehead atoms. The molecule has 0 aliphatic heterocycles. The molecule has 76 valence electrons.